The highest BCUT2D eigenvalue weighted by Gasteiger charge is 2.02. The Kier molecular flexibility index (Phi) is 3.36. The Balaban J connectivity index is 2.23. The van der Waals surface area contributed by atoms with Gasteiger partial charge in [-0.3, -0.25) is 0 Å². The maximum absolute atomic E-state index is 5.82. The van der Waals surface area contributed by atoms with Crippen LogP contribution < -0.4 is 10.5 Å². The van der Waals surface area contributed by atoms with Crippen LogP contribution in [0.3, 0.4) is 0 Å². The van der Waals surface area contributed by atoms with Gasteiger partial charge in [0.15, 0.2) is 0 Å². The number of hydrogen-bond acceptors (Lipinski definition) is 2. The highest BCUT2D eigenvalue weighted by Crippen LogP contribution is 2.30. The molecule has 16 heavy (non-hydrogen) atoms. The molecule has 0 atom stereocenters. The van der Waals surface area contributed by atoms with Crippen molar-refractivity contribution in [1.29, 1.82) is 0 Å². The van der Waals surface area contributed by atoms with Crippen molar-refractivity contribution in [3.8, 4) is 11.5 Å². The van der Waals surface area contributed by atoms with Crippen LogP contribution in [0.5, 0.6) is 11.5 Å². The van der Waals surface area contributed by atoms with Gasteiger partial charge in [-0.15, -0.1) is 0 Å². The average molecular weight is 299 g/mol. The number of halogens is 2. The van der Waals surface area contributed by atoms with E-state index >= 15 is 0 Å². The summed E-state index contributed by atoms with van der Waals surface area (Å²) in [5.41, 5.74) is 6.41. The van der Waals surface area contributed by atoms with Crippen molar-refractivity contribution in [2.75, 3.05) is 5.73 Å². The predicted octanol–water partition coefficient (Wildman–Crippen LogP) is 4.48. The molecule has 82 valence electrons. The minimum absolute atomic E-state index is 0.587. The van der Waals surface area contributed by atoms with Gasteiger partial charge in [-0.05, 0) is 42.5 Å². The molecule has 2 aromatic carbocycles. The molecule has 0 saturated carbocycles. The largest absolute Gasteiger partial charge is 0.455 e. The molecule has 0 saturated heterocycles. The van der Waals surface area contributed by atoms with Crippen LogP contribution in [0.4, 0.5) is 5.69 Å². The Labute approximate surface area is 107 Å². The fourth-order valence-electron chi connectivity index (χ4n) is 1.24. The molecule has 2 N–H and O–H groups in total. The summed E-state index contributed by atoms with van der Waals surface area (Å²) in [6.45, 7) is 0. The Morgan fingerprint density at radius 3 is 2.38 bits per heavy atom. The molecule has 0 aliphatic heterocycles. The quantitative estimate of drug-likeness (QED) is 0.830. The smallest absolute Gasteiger partial charge is 0.150 e. The van der Waals surface area contributed by atoms with E-state index in [0.717, 1.165) is 4.47 Å². The van der Waals surface area contributed by atoms with E-state index in [4.69, 9.17) is 22.1 Å². The van der Waals surface area contributed by atoms with Gasteiger partial charge in [0, 0.05) is 9.50 Å². The first-order valence-electron chi connectivity index (χ1n) is 4.63. The summed E-state index contributed by atoms with van der Waals surface area (Å²) in [5.74, 6) is 1.34. The van der Waals surface area contributed by atoms with Crippen molar-refractivity contribution < 1.29 is 4.74 Å². The standard InChI is InChI=1S/C12H9BrClNO/c13-8-1-6-12(11(15)7-8)16-10-4-2-9(14)3-5-10/h1-7H,15H2. The average Bonchev–Trinajstić information content (AvgIpc) is 2.25. The van der Waals surface area contributed by atoms with Gasteiger partial charge in [-0.25, -0.2) is 0 Å². The maximum atomic E-state index is 5.82. The predicted molar refractivity (Wildman–Crippen MR) is 70.1 cm³/mol. The van der Waals surface area contributed by atoms with Gasteiger partial charge in [0.25, 0.3) is 0 Å². The van der Waals surface area contributed by atoms with Gasteiger partial charge in [-0.1, -0.05) is 27.5 Å². The molecule has 0 spiro atoms. The number of benzene rings is 2. The Hall–Kier alpha value is -1.19. The van der Waals surface area contributed by atoms with Crippen LogP contribution >= 0.6 is 27.5 Å². The summed E-state index contributed by atoms with van der Waals surface area (Å²) >= 11 is 9.12. The first-order valence-corrected chi connectivity index (χ1v) is 5.81. The lowest BCUT2D eigenvalue weighted by Crippen LogP contribution is -1.91. The van der Waals surface area contributed by atoms with Gasteiger partial charge in [-0.2, -0.15) is 0 Å². The number of nitrogen functional groups attached to an aromatic ring is 1. The second-order valence-corrected chi connectivity index (χ2v) is 4.59. The molecule has 0 radical (unpaired) electrons. The van der Waals surface area contributed by atoms with E-state index in [1.165, 1.54) is 0 Å². The zero-order valence-electron chi connectivity index (χ0n) is 8.28. The molecule has 2 nitrogen and oxygen atoms in total. The molecular formula is C12H9BrClNO. The second kappa shape index (κ2) is 4.76. The summed E-state index contributed by atoms with van der Waals surface area (Å²) in [4.78, 5) is 0. The van der Waals surface area contributed by atoms with Gasteiger partial charge < -0.3 is 10.5 Å². The molecule has 0 bridgehead atoms. The molecule has 0 amide bonds. The monoisotopic (exact) mass is 297 g/mol. The number of anilines is 1. The summed E-state index contributed by atoms with van der Waals surface area (Å²) in [6.07, 6.45) is 0. The van der Waals surface area contributed by atoms with Gasteiger partial charge in [0.1, 0.15) is 11.5 Å². The highest BCUT2D eigenvalue weighted by atomic mass is 79.9. The number of nitrogens with two attached hydrogens (primary N) is 1. The van der Waals surface area contributed by atoms with Gasteiger partial charge in [0.2, 0.25) is 0 Å². The van der Waals surface area contributed by atoms with E-state index in [1.807, 2.05) is 12.1 Å². The minimum atomic E-state index is 0.587. The van der Waals surface area contributed by atoms with Crippen molar-refractivity contribution in [3.63, 3.8) is 0 Å². The van der Waals surface area contributed by atoms with Crippen molar-refractivity contribution in [2.24, 2.45) is 0 Å². The first-order chi connectivity index (χ1) is 7.65. The lowest BCUT2D eigenvalue weighted by Gasteiger charge is -2.08. The SMILES string of the molecule is Nc1cc(Br)ccc1Oc1ccc(Cl)cc1. The number of ether oxygens (including phenoxy) is 1. The van der Waals surface area contributed by atoms with E-state index in [9.17, 15) is 0 Å². The molecule has 2 aromatic rings. The molecule has 0 fully saturated rings. The van der Waals surface area contributed by atoms with Crippen LogP contribution in [-0.4, -0.2) is 0 Å². The van der Waals surface area contributed by atoms with Crippen molar-refractivity contribution in [3.05, 3.63) is 52.0 Å². The topological polar surface area (TPSA) is 35.2 Å². The Morgan fingerprint density at radius 1 is 1.06 bits per heavy atom. The third kappa shape index (κ3) is 2.68. The zero-order chi connectivity index (χ0) is 11.5. The normalized spacial score (nSPS) is 10.1. The number of hydrogen-bond donors (Lipinski definition) is 1. The Bertz CT molecular complexity index is 499. The summed E-state index contributed by atoms with van der Waals surface area (Å²) in [6, 6.07) is 12.6. The van der Waals surface area contributed by atoms with Crippen LogP contribution in [0.15, 0.2) is 46.9 Å². The summed E-state index contributed by atoms with van der Waals surface area (Å²) < 4.78 is 6.54. The maximum Gasteiger partial charge on any atom is 0.150 e. The molecule has 4 heteroatoms. The zero-order valence-corrected chi connectivity index (χ0v) is 10.6. The van der Waals surface area contributed by atoms with E-state index in [-0.39, 0.29) is 0 Å². The second-order valence-electron chi connectivity index (χ2n) is 3.24. The molecule has 0 aliphatic carbocycles. The number of rotatable bonds is 2. The van der Waals surface area contributed by atoms with Crippen LogP contribution in [0.1, 0.15) is 0 Å². The molecular weight excluding hydrogens is 289 g/mol. The molecule has 0 aliphatic rings. The first kappa shape index (κ1) is 11.3. The van der Waals surface area contributed by atoms with Crippen molar-refractivity contribution in [2.45, 2.75) is 0 Å². The van der Waals surface area contributed by atoms with E-state index in [0.29, 0.717) is 22.2 Å². The molecule has 2 rings (SSSR count). The van der Waals surface area contributed by atoms with E-state index in [1.54, 1.807) is 30.3 Å². The van der Waals surface area contributed by atoms with E-state index in [2.05, 4.69) is 15.9 Å². The molecule has 0 aromatic heterocycles. The van der Waals surface area contributed by atoms with Crippen LogP contribution in [0.25, 0.3) is 0 Å². The summed E-state index contributed by atoms with van der Waals surface area (Å²) in [5, 5.41) is 0.677. The Morgan fingerprint density at radius 2 is 1.75 bits per heavy atom. The van der Waals surface area contributed by atoms with Crippen LogP contribution in [0, 0.1) is 0 Å². The highest BCUT2D eigenvalue weighted by molar-refractivity contribution is 9.10. The third-order valence-corrected chi connectivity index (χ3v) is 2.76. The summed E-state index contributed by atoms with van der Waals surface area (Å²) in [7, 11) is 0. The van der Waals surface area contributed by atoms with Crippen molar-refractivity contribution in [1.82, 2.24) is 0 Å². The van der Waals surface area contributed by atoms with Crippen molar-refractivity contribution >= 4 is 33.2 Å². The molecule has 0 heterocycles. The fourth-order valence-corrected chi connectivity index (χ4v) is 1.75. The fraction of sp³-hybridized carbons (Fsp3) is 0. The molecule has 0 unspecified atom stereocenters. The lowest BCUT2D eigenvalue weighted by molar-refractivity contribution is 0.485. The minimum Gasteiger partial charge on any atom is -0.455 e. The lowest BCUT2D eigenvalue weighted by atomic mass is 10.3. The van der Waals surface area contributed by atoms with Gasteiger partial charge >= 0.3 is 0 Å². The van der Waals surface area contributed by atoms with Gasteiger partial charge in [0.05, 0.1) is 5.69 Å². The van der Waals surface area contributed by atoms with Crippen LogP contribution in [0.2, 0.25) is 5.02 Å². The van der Waals surface area contributed by atoms with Crippen LogP contribution in [-0.2, 0) is 0 Å². The third-order valence-electron chi connectivity index (χ3n) is 2.01. The van der Waals surface area contributed by atoms with E-state index < -0.39 is 0 Å².